The van der Waals surface area contributed by atoms with Crippen LogP contribution in [-0.2, 0) is 0 Å². The highest BCUT2D eigenvalue weighted by atomic mass is 16.5. The molecule has 0 aliphatic rings. The maximum absolute atomic E-state index is 5.33. The van der Waals surface area contributed by atoms with Crippen molar-refractivity contribution in [1.82, 2.24) is 20.1 Å². The van der Waals surface area contributed by atoms with Crippen LogP contribution in [0.25, 0.3) is 34.0 Å². The summed E-state index contributed by atoms with van der Waals surface area (Å²) < 4.78 is 10.7. The van der Waals surface area contributed by atoms with Crippen molar-refractivity contribution in [2.45, 2.75) is 0 Å². The highest BCUT2D eigenvalue weighted by Crippen LogP contribution is 2.28. The molecule has 0 radical (unpaired) electrons. The number of nitrogens with zero attached hydrogens (tertiary/aromatic N) is 4. The molecule has 112 valence electrons. The van der Waals surface area contributed by atoms with Crippen LogP contribution in [0.1, 0.15) is 0 Å². The lowest BCUT2D eigenvalue weighted by Crippen LogP contribution is -1.90. The fourth-order valence-electron chi connectivity index (χ4n) is 2.33. The van der Waals surface area contributed by atoms with Crippen molar-refractivity contribution < 1.29 is 9.26 Å². The minimum absolute atomic E-state index is 0.323. The van der Waals surface area contributed by atoms with E-state index < -0.39 is 0 Å². The zero-order chi connectivity index (χ0) is 15.6. The molecule has 4 aromatic rings. The summed E-state index contributed by atoms with van der Waals surface area (Å²) in [4.78, 5) is 13.3. The molecule has 0 aliphatic heterocycles. The van der Waals surface area contributed by atoms with Gasteiger partial charge in [0.2, 0.25) is 5.82 Å². The number of benzene rings is 2. The third-order valence-electron chi connectivity index (χ3n) is 3.44. The minimum Gasteiger partial charge on any atom is -0.496 e. The normalized spacial score (nSPS) is 10.8. The maximum atomic E-state index is 5.33. The van der Waals surface area contributed by atoms with Gasteiger partial charge in [0.05, 0.1) is 29.9 Å². The fraction of sp³-hybridized carbons (Fsp3) is 0.0588. The first-order valence-electron chi connectivity index (χ1n) is 7.04. The zero-order valence-electron chi connectivity index (χ0n) is 12.3. The van der Waals surface area contributed by atoms with Gasteiger partial charge in [-0.3, -0.25) is 4.98 Å². The zero-order valence-corrected chi connectivity index (χ0v) is 12.3. The SMILES string of the molecule is COc1ccccc1-c1noc(-c2cnc3ccccc3n2)n1. The number of hydrogen-bond acceptors (Lipinski definition) is 6. The Kier molecular flexibility index (Phi) is 3.20. The van der Waals surface area contributed by atoms with Crippen molar-refractivity contribution in [3.05, 3.63) is 54.7 Å². The summed E-state index contributed by atoms with van der Waals surface area (Å²) in [5.74, 6) is 1.46. The van der Waals surface area contributed by atoms with E-state index in [0.29, 0.717) is 23.2 Å². The Morgan fingerprint density at radius 1 is 0.913 bits per heavy atom. The molecule has 0 bridgehead atoms. The van der Waals surface area contributed by atoms with Crippen molar-refractivity contribution >= 4 is 11.0 Å². The molecule has 0 saturated carbocycles. The Bertz CT molecular complexity index is 981. The topological polar surface area (TPSA) is 73.9 Å². The first-order chi connectivity index (χ1) is 11.3. The largest absolute Gasteiger partial charge is 0.496 e. The average molecular weight is 304 g/mol. The third kappa shape index (κ3) is 2.40. The van der Waals surface area contributed by atoms with E-state index in [4.69, 9.17) is 9.26 Å². The second-order valence-corrected chi connectivity index (χ2v) is 4.87. The van der Waals surface area contributed by atoms with Gasteiger partial charge in [-0.2, -0.15) is 4.98 Å². The lowest BCUT2D eigenvalue weighted by atomic mass is 10.2. The quantitative estimate of drug-likeness (QED) is 0.578. The van der Waals surface area contributed by atoms with Crippen LogP contribution >= 0.6 is 0 Å². The first-order valence-corrected chi connectivity index (χ1v) is 7.04. The Hall–Kier alpha value is -3.28. The van der Waals surface area contributed by atoms with Crippen LogP contribution in [0.5, 0.6) is 5.75 Å². The molecule has 2 heterocycles. The van der Waals surface area contributed by atoms with Crippen LogP contribution in [0, 0.1) is 0 Å². The number of fused-ring (bicyclic) bond motifs is 1. The van der Waals surface area contributed by atoms with E-state index in [-0.39, 0.29) is 0 Å². The van der Waals surface area contributed by atoms with Gasteiger partial charge in [-0.15, -0.1) is 0 Å². The Morgan fingerprint density at radius 2 is 1.70 bits per heavy atom. The van der Waals surface area contributed by atoms with Crippen LogP contribution < -0.4 is 4.74 Å². The summed E-state index contributed by atoms with van der Waals surface area (Å²) >= 11 is 0. The molecular weight excluding hydrogens is 292 g/mol. The second kappa shape index (κ2) is 5.49. The standard InChI is InChI=1S/C17H12N4O2/c1-22-15-9-5-2-6-11(15)16-20-17(23-21-16)14-10-18-12-7-3-4-8-13(12)19-14/h2-10H,1H3. The molecule has 2 aromatic heterocycles. The Labute approximate surface area is 131 Å². The van der Waals surface area contributed by atoms with Crippen molar-refractivity contribution in [2.75, 3.05) is 7.11 Å². The number of ether oxygens (including phenoxy) is 1. The van der Waals surface area contributed by atoms with Crippen molar-refractivity contribution in [2.24, 2.45) is 0 Å². The first kappa shape index (κ1) is 13.4. The lowest BCUT2D eigenvalue weighted by molar-refractivity contribution is 0.413. The fourth-order valence-corrected chi connectivity index (χ4v) is 2.33. The predicted octanol–water partition coefficient (Wildman–Crippen LogP) is 3.36. The van der Waals surface area contributed by atoms with E-state index in [1.54, 1.807) is 13.3 Å². The van der Waals surface area contributed by atoms with Gasteiger partial charge in [-0.05, 0) is 24.3 Å². The van der Waals surface area contributed by atoms with E-state index in [2.05, 4.69) is 20.1 Å². The van der Waals surface area contributed by atoms with Gasteiger partial charge >= 0.3 is 0 Å². The monoisotopic (exact) mass is 304 g/mol. The minimum atomic E-state index is 0.323. The molecule has 0 amide bonds. The van der Waals surface area contributed by atoms with Crippen LogP contribution in [0.3, 0.4) is 0 Å². The summed E-state index contributed by atoms with van der Waals surface area (Å²) in [6.07, 6.45) is 1.63. The molecular formula is C17H12N4O2. The van der Waals surface area contributed by atoms with E-state index in [9.17, 15) is 0 Å². The van der Waals surface area contributed by atoms with Crippen molar-refractivity contribution in [3.8, 4) is 28.7 Å². The van der Waals surface area contributed by atoms with Crippen molar-refractivity contribution in [3.63, 3.8) is 0 Å². The van der Waals surface area contributed by atoms with Gasteiger partial charge < -0.3 is 9.26 Å². The molecule has 6 nitrogen and oxygen atoms in total. The summed E-state index contributed by atoms with van der Waals surface area (Å²) in [5, 5.41) is 4.02. The number of rotatable bonds is 3. The Balaban J connectivity index is 1.77. The van der Waals surface area contributed by atoms with Crippen LogP contribution in [0.2, 0.25) is 0 Å². The maximum Gasteiger partial charge on any atom is 0.278 e. The predicted molar refractivity (Wildman–Crippen MR) is 84.8 cm³/mol. The summed E-state index contributed by atoms with van der Waals surface area (Å²) in [6.45, 7) is 0. The molecule has 0 fully saturated rings. The molecule has 0 atom stereocenters. The number of aromatic nitrogens is 4. The highest BCUT2D eigenvalue weighted by Gasteiger charge is 2.15. The van der Waals surface area contributed by atoms with Gasteiger partial charge in [0.1, 0.15) is 11.4 Å². The second-order valence-electron chi connectivity index (χ2n) is 4.87. The van der Waals surface area contributed by atoms with Crippen molar-refractivity contribution in [1.29, 1.82) is 0 Å². The van der Waals surface area contributed by atoms with Gasteiger partial charge in [-0.25, -0.2) is 4.98 Å². The van der Waals surface area contributed by atoms with Crippen LogP contribution in [0.15, 0.2) is 59.3 Å². The molecule has 0 saturated heterocycles. The molecule has 0 N–H and O–H groups in total. The number of hydrogen-bond donors (Lipinski definition) is 0. The van der Waals surface area contributed by atoms with Crippen LogP contribution in [-0.4, -0.2) is 27.2 Å². The smallest absolute Gasteiger partial charge is 0.278 e. The molecule has 23 heavy (non-hydrogen) atoms. The molecule has 4 rings (SSSR count). The summed E-state index contributed by atoms with van der Waals surface area (Å²) in [5.41, 5.74) is 2.90. The molecule has 0 aliphatic carbocycles. The third-order valence-corrected chi connectivity index (χ3v) is 3.44. The number of methoxy groups -OCH3 is 1. The Morgan fingerprint density at radius 3 is 2.57 bits per heavy atom. The average Bonchev–Trinajstić information content (AvgIpc) is 3.11. The molecule has 6 heteroatoms. The van der Waals surface area contributed by atoms with Gasteiger partial charge in [0.15, 0.2) is 0 Å². The van der Waals surface area contributed by atoms with E-state index in [1.807, 2.05) is 48.5 Å². The van der Waals surface area contributed by atoms with Gasteiger partial charge in [-0.1, -0.05) is 29.4 Å². The van der Waals surface area contributed by atoms with Gasteiger partial charge in [0.25, 0.3) is 5.89 Å². The molecule has 0 unspecified atom stereocenters. The van der Waals surface area contributed by atoms with E-state index >= 15 is 0 Å². The van der Waals surface area contributed by atoms with Crippen LogP contribution in [0.4, 0.5) is 0 Å². The highest BCUT2D eigenvalue weighted by molar-refractivity contribution is 5.76. The summed E-state index contributed by atoms with van der Waals surface area (Å²) in [6, 6.07) is 15.1. The van der Waals surface area contributed by atoms with E-state index in [0.717, 1.165) is 16.6 Å². The lowest BCUT2D eigenvalue weighted by Gasteiger charge is -2.03. The molecule has 2 aromatic carbocycles. The van der Waals surface area contributed by atoms with E-state index in [1.165, 1.54) is 0 Å². The summed E-state index contributed by atoms with van der Waals surface area (Å²) in [7, 11) is 1.61. The molecule has 0 spiro atoms. The number of para-hydroxylation sites is 3. The van der Waals surface area contributed by atoms with Gasteiger partial charge in [0, 0.05) is 0 Å².